The summed E-state index contributed by atoms with van der Waals surface area (Å²) in [5, 5.41) is 2.96. The van der Waals surface area contributed by atoms with Crippen molar-refractivity contribution in [2.75, 3.05) is 5.32 Å². The molecule has 1 amide bonds. The lowest BCUT2D eigenvalue weighted by atomic mass is 9.94. The molecule has 0 spiro atoms. The molecule has 2 aromatic carbocycles. The van der Waals surface area contributed by atoms with E-state index in [9.17, 15) is 4.79 Å². The summed E-state index contributed by atoms with van der Waals surface area (Å²) in [5.74, 6) is -0.357. The Bertz CT molecular complexity index is 602. The third-order valence-corrected chi connectivity index (χ3v) is 3.63. The monoisotopic (exact) mass is 282 g/mol. The van der Waals surface area contributed by atoms with Crippen molar-refractivity contribution in [1.29, 1.82) is 0 Å². The molecule has 3 nitrogen and oxygen atoms in total. The Morgan fingerprint density at radius 2 is 1.62 bits per heavy atom. The number of rotatable bonds is 4. The van der Waals surface area contributed by atoms with Crippen molar-refractivity contribution < 1.29 is 4.79 Å². The van der Waals surface area contributed by atoms with Gasteiger partial charge < -0.3 is 11.1 Å². The molecule has 0 saturated heterocycles. The van der Waals surface area contributed by atoms with Crippen molar-refractivity contribution in [1.82, 2.24) is 0 Å². The zero-order valence-electron chi connectivity index (χ0n) is 12.8. The molecule has 2 atom stereocenters. The minimum Gasteiger partial charge on any atom is -0.326 e. The van der Waals surface area contributed by atoms with E-state index in [0.717, 1.165) is 22.4 Å². The smallest absolute Gasteiger partial charge is 0.229 e. The summed E-state index contributed by atoms with van der Waals surface area (Å²) >= 11 is 0. The van der Waals surface area contributed by atoms with Crippen LogP contribution < -0.4 is 11.1 Å². The van der Waals surface area contributed by atoms with Gasteiger partial charge in [0, 0.05) is 11.7 Å². The van der Waals surface area contributed by atoms with Crippen LogP contribution in [0.5, 0.6) is 0 Å². The minimum absolute atomic E-state index is 0.0589. The maximum atomic E-state index is 12.4. The molecule has 3 N–H and O–H groups in total. The van der Waals surface area contributed by atoms with Crippen LogP contribution in [-0.2, 0) is 4.79 Å². The molecule has 3 heteroatoms. The second-order valence-electron chi connectivity index (χ2n) is 5.59. The molecule has 0 heterocycles. The van der Waals surface area contributed by atoms with E-state index < -0.39 is 0 Å². The summed E-state index contributed by atoms with van der Waals surface area (Å²) in [6.45, 7) is 5.89. The predicted molar refractivity (Wildman–Crippen MR) is 87.1 cm³/mol. The molecule has 0 aliphatic carbocycles. The molecular weight excluding hydrogens is 260 g/mol. The molecule has 0 radical (unpaired) electrons. The fraction of sp³-hybridized carbons (Fsp3) is 0.278. The molecule has 0 aromatic heterocycles. The summed E-state index contributed by atoms with van der Waals surface area (Å²) in [6, 6.07) is 15.4. The van der Waals surface area contributed by atoms with E-state index in [4.69, 9.17) is 5.73 Å². The number of nitrogens with one attached hydrogen (secondary N) is 1. The fourth-order valence-corrected chi connectivity index (χ4v) is 2.43. The van der Waals surface area contributed by atoms with Gasteiger partial charge in [0.1, 0.15) is 0 Å². The normalized spacial score (nSPS) is 13.5. The van der Waals surface area contributed by atoms with E-state index in [1.165, 1.54) is 0 Å². The van der Waals surface area contributed by atoms with Crippen molar-refractivity contribution in [3.05, 3.63) is 65.2 Å². The van der Waals surface area contributed by atoms with Crippen LogP contribution in [0.1, 0.15) is 29.7 Å². The Balaban J connectivity index is 2.09. The van der Waals surface area contributed by atoms with Crippen molar-refractivity contribution in [2.45, 2.75) is 26.8 Å². The maximum absolute atomic E-state index is 12.4. The van der Waals surface area contributed by atoms with Crippen LogP contribution in [0.4, 0.5) is 5.69 Å². The molecule has 0 saturated carbocycles. The quantitative estimate of drug-likeness (QED) is 0.900. The van der Waals surface area contributed by atoms with Crippen LogP contribution in [-0.4, -0.2) is 5.91 Å². The van der Waals surface area contributed by atoms with Gasteiger partial charge in [0.05, 0.1) is 5.92 Å². The topological polar surface area (TPSA) is 55.1 Å². The minimum atomic E-state index is -0.308. The van der Waals surface area contributed by atoms with Gasteiger partial charge in [-0.25, -0.2) is 0 Å². The highest BCUT2D eigenvalue weighted by Gasteiger charge is 2.22. The first-order chi connectivity index (χ1) is 9.97. The second-order valence-corrected chi connectivity index (χ2v) is 5.59. The lowest BCUT2D eigenvalue weighted by molar-refractivity contribution is -0.120. The van der Waals surface area contributed by atoms with Gasteiger partial charge in [0.25, 0.3) is 0 Å². The first kappa shape index (κ1) is 15.3. The van der Waals surface area contributed by atoms with Crippen LogP contribution in [0.25, 0.3) is 0 Å². The highest BCUT2D eigenvalue weighted by atomic mass is 16.1. The number of aryl methyl sites for hydroxylation is 2. The van der Waals surface area contributed by atoms with Gasteiger partial charge in [-0.2, -0.15) is 0 Å². The summed E-state index contributed by atoms with van der Waals surface area (Å²) < 4.78 is 0. The van der Waals surface area contributed by atoms with Gasteiger partial charge in [-0.15, -0.1) is 0 Å². The molecule has 0 aliphatic heterocycles. The molecular formula is C18H22N2O. The van der Waals surface area contributed by atoms with Gasteiger partial charge in [-0.05, 0) is 42.7 Å². The van der Waals surface area contributed by atoms with E-state index in [2.05, 4.69) is 11.4 Å². The number of carbonyl (C=O) groups excluding carboxylic acids is 1. The van der Waals surface area contributed by atoms with Gasteiger partial charge in [0.15, 0.2) is 0 Å². The van der Waals surface area contributed by atoms with E-state index in [1.807, 2.05) is 63.2 Å². The number of anilines is 1. The Kier molecular flexibility index (Phi) is 4.76. The van der Waals surface area contributed by atoms with Crippen LogP contribution in [0, 0.1) is 19.8 Å². The SMILES string of the molecule is Cc1cc(C)cc(NC(=O)C(C)C(N)c2ccccc2)c1. The predicted octanol–water partition coefficient (Wildman–Crippen LogP) is 3.58. The Hall–Kier alpha value is -2.13. The summed E-state index contributed by atoms with van der Waals surface area (Å²) in [7, 11) is 0. The van der Waals surface area contributed by atoms with E-state index in [0.29, 0.717) is 0 Å². The molecule has 2 unspecified atom stereocenters. The Morgan fingerprint density at radius 1 is 1.05 bits per heavy atom. The number of amides is 1. The zero-order valence-corrected chi connectivity index (χ0v) is 12.8. The summed E-state index contributed by atoms with van der Waals surface area (Å²) in [6.07, 6.45) is 0. The first-order valence-electron chi connectivity index (χ1n) is 7.17. The fourth-order valence-electron chi connectivity index (χ4n) is 2.43. The third kappa shape index (κ3) is 3.92. The second kappa shape index (κ2) is 6.55. The largest absolute Gasteiger partial charge is 0.326 e. The number of carbonyl (C=O) groups is 1. The molecule has 110 valence electrons. The van der Waals surface area contributed by atoms with Crippen molar-refractivity contribution in [3.63, 3.8) is 0 Å². The Morgan fingerprint density at radius 3 is 2.19 bits per heavy atom. The molecule has 0 bridgehead atoms. The number of hydrogen-bond donors (Lipinski definition) is 2. The van der Waals surface area contributed by atoms with Crippen LogP contribution in [0.3, 0.4) is 0 Å². The molecule has 2 rings (SSSR count). The Labute approximate surface area is 126 Å². The number of nitrogens with two attached hydrogens (primary N) is 1. The summed E-state index contributed by atoms with van der Waals surface area (Å²) in [5.41, 5.74) is 10.2. The van der Waals surface area contributed by atoms with Crippen molar-refractivity contribution in [2.24, 2.45) is 11.7 Å². The lowest BCUT2D eigenvalue weighted by Crippen LogP contribution is -2.30. The molecule has 0 aliphatic rings. The summed E-state index contributed by atoms with van der Waals surface area (Å²) in [4.78, 5) is 12.4. The average molecular weight is 282 g/mol. The van der Waals surface area contributed by atoms with Gasteiger partial charge in [-0.3, -0.25) is 4.79 Å². The molecule has 21 heavy (non-hydrogen) atoms. The van der Waals surface area contributed by atoms with Gasteiger partial charge in [0.2, 0.25) is 5.91 Å². The first-order valence-corrected chi connectivity index (χ1v) is 7.17. The van der Waals surface area contributed by atoms with Gasteiger partial charge >= 0.3 is 0 Å². The van der Waals surface area contributed by atoms with Crippen molar-refractivity contribution in [3.8, 4) is 0 Å². The van der Waals surface area contributed by atoms with E-state index >= 15 is 0 Å². The van der Waals surface area contributed by atoms with Crippen molar-refractivity contribution >= 4 is 11.6 Å². The van der Waals surface area contributed by atoms with Crippen LogP contribution >= 0.6 is 0 Å². The van der Waals surface area contributed by atoms with Gasteiger partial charge in [-0.1, -0.05) is 43.3 Å². The molecule has 2 aromatic rings. The third-order valence-electron chi connectivity index (χ3n) is 3.63. The zero-order chi connectivity index (χ0) is 15.4. The number of hydrogen-bond acceptors (Lipinski definition) is 2. The maximum Gasteiger partial charge on any atom is 0.229 e. The highest BCUT2D eigenvalue weighted by Crippen LogP contribution is 2.21. The number of benzene rings is 2. The average Bonchev–Trinajstić information content (AvgIpc) is 2.45. The van der Waals surface area contributed by atoms with E-state index in [-0.39, 0.29) is 17.9 Å². The van der Waals surface area contributed by atoms with E-state index in [1.54, 1.807) is 0 Å². The molecule has 0 fully saturated rings. The standard InChI is InChI=1S/C18H22N2O/c1-12-9-13(2)11-16(10-12)20-18(21)14(3)17(19)15-7-5-4-6-8-15/h4-11,14,17H,19H2,1-3H3,(H,20,21). The van der Waals surface area contributed by atoms with Crippen LogP contribution in [0.2, 0.25) is 0 Å². The lowest BCUT2D eigenvalue weighted by Gasteiger charge is -2.20. The highest BCUT2D eigenvalue weighted by molar-refractivity contribution is 5.93. The van der Waals surface area contributed by atoms with Crippen LogP contribution in [0.15, 0.2) is 48.5 Å².